The molecule has 8 heteroatoms. The molecule has 0 saturated carbocycles. The van der Waals surface area contributed by atoms with Crippen molar-refractivity contribution >= 4 is 47.4 Å². The minimum absolute atomic E-state index is 0. The van der Waals surface area contributed by atoms with Crippen LogP contribution >= 0.6 is 35.6 Å². The average molecular weight is 393 g/mol. The molecular weight excluding hydrogens is 373 g/mol. The lowest BCUT2D eigenvalue weighted by molar-refractivity contribution is -0.136. The molecule has 2 heterocycles. The fourth-order valence-electron chi connectivity index (χ4n) is 3.11. The van der Waals surface area contributed by atoms with Gasteiger partial charge in [-0.05, 0) is 31.2 Å². The molecule has 2 aliphatic rings. The van der Waals surface area contributed by atoms with E-state index in [4.69, 9.17) is 23.2 Å². The first-order valence-electron chi connectivity index (χ1n) is 7.79. The maximum absolute atomic E-state index is 12.5. The third kappa shape index (κ3) is 4.33. The molecule has 5 nitrogen and oxygen atoms in total. The van der Waals surface area contributed by atoms with E-state index in [0.29, 0.717) is 41.8 Å². The van der Waals surface area contributed by atoms with Crippen molar-refractivity contribution in [3.8, 4) is 0 Å². The lowest BCUT2D eigenvalue weighted by Crippen LogP contribution is -2.52. The second-order valence-corrected chi connectivity index (χ2v) is 6.84. The van der Waals surface area contributed by atoms with Crippen LogP contribution in [0.3, 0.4) is 0 Å². The van der Waals surface area contributed by atoms with Gasteiger partial charge >= 0.3 is 0 Å². The second-order valence-electron chi connectivity index (χ2n) is 5.97. The minimum Gasteiger partial charge on any atom is -0.339 e. The van der Waals surface area contributed by atoms with Gasteiger partial charge in [-0.3, -0.25) is 9.59 Å². The number of hydrogen-bond donors (Lipinski definition) is 1. The zero-order chi connectivity index (χ0) is 16.4. The van der Waals surface area contributed by atoms with Crippen LogP contribution in [0.4, 0.5) is 0 Å². The SMILES string of the molecule is Cl.O=C(c1cc(Cl)cc(Cl)c1)N1CCN(C(=O)C2CCNC2)CC1. The Bertz CT molecular complexity index is 592. The normalized spacial score (nSPS) is 20.7. The highest BCUT2D eigenvalue weighted by atomic mass is 35.5. The van der Waals surface area contributed by atoms with Gasteiger partial charge in [0.05, 0.1) is 5.92 Å². The van der Waals surface area contributed by atoms with E-state index in [1.807, 2.05) is 4.90 Å². The Morgan fingerprint density at radius 1 is 1.00 bits per heavy atom. The lowest BCUT2D eigenvalue weighted by Gasteiger charge is -2.36. The molecule has 0 aliphatic carbocycles. The third-order valence-corrected chi connectivity index (χ3v) is 4.83. The summed E-state index contributed by atoms with van der Waals surface area (Å²) in [6.07, 6.45) is 0.902. The molecule has 0 radical (unpaired) electrons. The number of carbonyl (C=O) groups excluding carboxylic acids is 2. The van der Waals surface area contributed by atoms with Gasteiger partial charge in [0.2, 0.25) is 5.91 Å². The summed E-state index contributed by atoms with van der Waals surface area (Å²) in [5, 5.41) is 4.11. The van der Waals surface area contributed by atoms with Gasteiger partial charge in [0.25, 0.3) is 5.91 Å². The van der Waals surface area contributed by atoms with Crippen LogP contribution in [-0.4, -0.2) is 60.9 Å². The van der Waals surface area contributed by atoms with E-state index in [1.165, 1.54) is 0 Å². The molecule has 1 aromatic carbocycles. The van der Waals surface area contributed by atoms with E-state index in [2.05, 4.69) is 5.32 Å². The summed E-state index contributed by atoms with van der Waals surface area (Å²) in [6, 6.07) is 4.85. The van der Waals surface area contributed by atoms with Gasteiger partial charge in [-0.15, -0.1) is 12.4 Å². The van der Waals surface area contributed by atoms with Crippen molar-refractivity contribution in [2.45, 2.75) is 6.42 Å². The molecule has 2 saturated heterocycles. The number of nitrogens with zero attached hydrogens (tertiary/aromatic N) is 2. The number of nitrogens with one attached hydrogen (secondary N) is 1. The largest absolute Gasteiger partial charge is 0.339 e. The van der Waals surface area contributed by atoms with Crippen LogP contribution in [0.1, 0.15) is 16.8 Å². The van der Waals surface area contributed by atoms with Crippen molar-refractivity contribution in [1.82, 2.24) is 15.1 Å². The van der Waals surface area contributed by atoms with E-state index in [-0.39, 0.29) is 30.1 Å². The van der Waals surface area contributed by atoms with E-state index in [9.17, 15) is 9.59 Å². The summed E-state index contributed by atoms with van der Waals surface area (Å²) in [5.41, 5.74) is 0.488. The van der Waals surface area contributed by atoms with Crippen LogP contribution < -0.4 is 5.32 Å². The van der Waals surface area contributed by atoms with Crippen molar-refractivity contribution < 1.29 is 9.59 Å². The van der Waals surface area contributed by atoms with Crippen molar-refractivity contribution in [3.05, 3.63) is 33.8 Å². The highest BCUT2D eigenvalue weighted by molar-refractivity contribution is 6.35. The van der Waals surface area contributed by atoms with Gasteiger partial charge in [-0.25, -0.2) is 0 Å². The number of benzene rings is 1. The fraction of sp³-hybridized carbons (Fsp3) is 0.500. The van der Waals surface area contributed by atoms with Crippen LogP contribution in [0.15, 0.2) is 18.2 Å². The average Bonchev–Trinajstić information content (AvgIpc) is 3.07. The molecule has 0 bridgehead atoms. The van der Waals surface area contributed by atoms with E-state index < -0.39 is 0 Å². The number of rotatable bonds is 2. The van der Waals surface area contributed by atoms with Gasteiger partial charge < -0.3 is 15.1 Å². The van der Waals surface area contributed by atoms with Crippen molar-refractivity contribution in [3.63, 3.8) is 0 Å². The van der Waals surface area contributed by atoms with Gasteiger partial charge in [-0.1, -0.05) is 23.2 Å². The molecule has 1 atom stereocenters. The van der Waals surface area contributed by atoms with E-state index >= 15 is 0 Å². The van der Waals surface area contributed by atoms with Crippen molar-refractivity contribution in [2.24, 2.45) is 5.92 Å². The molecule has 0 spiro atoms. The van der Waals surface area contributed by atoms with Crippen LogP contribution in [0.5, 0.6) is 0 Å². The predicted octanol–water partition coefficient (Wildman–Crippen LogP) is 2.31. The predicted molar refractivity (Wildman–Crippen MR) is 97.2 cm³/mol. The van der Waals surface area contributed by atoms with Crippen LogP contribution in [0, 0.1) is 5.92 Å². The first kappa shape index (κ1) is 19.3. The summed E-state index contributed by atoms with van der Waals surface area (Å²) in [4.78, 5) is 28.5. The van der Waals surface area contributed by atoms with E-state index in [0.717, 1.165) is 19.5 Å². The first-order chi connectivity index (χ1) is 11.0. The summed E-state index contributed by atoms with van der Waals surface area (Å²) in [7, 11) is 0. The number of hydrogen-bond acceptors (Lipinski definition) is 3. The highest BCUT2D eigenvalue weighted by Crippen LogP contribution is 2.21. The summed E-state index contributed by atoms with van der Waals surface area (Å²) < 4.78 is 0. The molecule has 132 valence electrons. The number of amides is 2. The zero-order valence-corrected chi connectivity index (χ0v) is 15.5. The monoisotopic (exact) mass is 391 g/mol. The van der Waals surface area contributed by atoms with Gasteiger partial charge in [0.15, 0.2) is 0 Å². The first-order valence-corrected chi connectivity index (χ1v) is 8.55. The molecule has 1 N–H and O–H groups in total. The molecule has 3 rings (SSSR count). The van der Waals surface area contributed by atoms with Crippen LogP contribution in [0.2, 0.25) is 10.0 Å². The van der Waals surface area contributed by atoms with Gasteiger partial charge in [0, 0.05) is 48.3 Å². The number of piperazine rings is 1. The molecule has 0 aromatic heterocycles. The third-order valence-electron chi connectivity index (χ3n) is 4.40. The van der Waals surface area contributed by atoms with Crippen LogP contribution in [0.25, 0.3) is 0 Å². The van der Waals surface area contributed by atoms with Gasteiger partial charge in [0.1, 0.15) is 0 Å². The fourth-order valence-corrected chi connectivity index (χ4v) is 3.64. The van der Waals surface area contributed by atoms with Crippen molar-refractivity contribution in [2.75, 3.05) is 39.3 Å². The molecule has 1 unspecified atom stereocenters. The Hall–Kier alpha value is -1.01. The van der Waals surface area contributed by atoms with Gasteiger partial charge in [-0.2, -0.15) is 0 Å². The molecule has 24 heavy (non-hydrogen) atoms. The Kier molecular flexibility index (Phi) is 6.75. The minimum atomic E-state index is -0.0935. The lowest BCUT2D eigenvalue weighted by atomic mass is 10.1. The topological polar surface area (TPSA) is 52.7 Å². The molecule has 1 aromatic rings. The zero-order valence-electron chi connectivity index (χ0n) is 13.1. The Morgan fingerprint density at radius 3 is 2.12 bits per heavy atom. The highest BCUT2D eigenvalue weighted by Gasteiger charge is 2.30. The summed E-state index contributed by atoms with van der Waals surface area (Å²) in [6.45, 7) is 3.90. The van der Waals surface area contributed by atoms with Crippen LogP contribution in [-0.2, 0) is 4.79 Å². The van der Waals surface area contributed by atoms with E-state index in [1.54, 1.807) is 23.1 Å². The Labute approximate surface area is 157 Å². The maximum Gasteiger partial charge on any atom is 0.254 e. The second kappa shape index (κ2) is 8.39. The molecule has 2 aliphatic heterocycles. The maximum atomic E-state index is 12.5. The molecular formula is C16H20Cl3N3O2. The number of halogens is 3. The smallest absolute Gasteiger partial charge is 0.254 e. The Morgan fingerprint density at radius 2 is 1.58 bits per heavy atom. The van der Waals surface area contributed by atoms with Crippen molar-refractivity contribution in [1.29, 1.82) is 0 Å². The Balaban J connectivity index is 0.00000208. The quantitative estimate of drug-likeness (QED) is 0.840. The summed E-state index contributed by atoms with van der Waals surface area (Å²) in [5.74, 6) is 0.195. The molecule has 2 fully saturated rings. The standard InChI is InChI=1S/C16H19Cl2N3O2.ClH/c17-13-7-12(8-14(18)9-13)16(23)21-5-3-20(4-6-21)15(22)11-1-2-19-10-11;/h7-9,11,19H,1-6,10H2;1H. The number of carbonyl (C=O) groups is 2. The molecule has 2 amide bonds. The summed E-state index contributed by atoms with van der Waals surface area (Å²) >= 11 is 11.9.